The van der Waals surface area contributed by atoms with Gasteiger partial charge in [-0.1, -0.05) is 188 Å². The normalized spacial score (nSPS) is 12.8. The highest BCUT2D eigenvalue weighted by Gasteiger charge is 2.47. The highest BCUT2D eigenvalue weighted by atomic mass is 32.1. The topological polar surface area (TPSA) is 8.17 Å². The molecule has 0 bridgehead atoms. The molecule has 300 valence electrons. The van der Waals surface area contributed by atoms with Crippen LogP contribution in [0.25, 0.3) is 69.9 Å². The number of rotatable bonds is 7. The predicted molar refractivity (Wildman–Crippen MR) is 271 cm³/mol. The van der Waals surface area contributed by atoms with Crippen LogP contribution < -0.4 is 4.90 Å². The van der Waals surface area contributed by atoms with Crippen LogP contribution in [0.2, 0.25) is 0 Å². The average molecular weight is 833 g/mol. The van der Waals surface area contributed by atoms with E-state index in [-0.39, 0.29) is 0 Å². The number of para-hydroxylation sites is 2. The van der Waals surface area contributed by atoms with Gasteiger partial charge in [-0.25, -0.2) is 0 Å². The Morgan fingerprint density at radius 1 is 0.391 bits per heavy atom. The largest absolute Gasteiger partial charge is 0.310 e. The fourth-order valence-corrected chi connectivity index (χ4v) is 12.1. The van der Waals surface area contributed by atoms with Crippen LogP contribution in [0.5, 0.6) is 0 Å². The van der Waals surface area contributed by atoms with Crippen molar-refractivity contribution in [1.82, 2.24) is 4.57 Å². The minimum Gasteiger partial charge on any atom is -0.310 e. The van der Waals surface area contributed by atoms with E-state index in [4.69, 9.17) is 0 Å². The monoisotopic (exact) mass is 832 g/mol. The maximum absolute atomic E-state index is 2.49. The standard InChI is InChI=1S/C61H40N2S/c1-3-18-42(19-4-1)61(43-20-5-2-6-21-43)53-30-11-7-27-52(53)59-54(61)31-17-34-57(59)62(44-38-36-41(37-39-44)47-28-16-29-51-50-26-10-14-35-58(50)64-60(47)51)45-22-15-23-46(40-45)63-55-32-12-8-24-48(55)49-25-9-13-33-56(49)63/h1-40H. The Kier molecular flexibility index (Phi) is 8.34. The van der Waals surface area contributed by atoms with E-state index >= 15 is 0 Å². The molecule has 12 aromatic rings. The lowest BCUT2D eigenvalue weighted by atomic mass is 9.68. The number of nitrogens with zero attached hydrogens (tertiary/aromatic N) is 2. The molecule has 2 nitrogen and oxygen atoms in total. The maximum Gasteiger partial charge on any atom is 0.0714 e. The van der Waals surface area contributed by atoms with Crippen molar-refractivity contribution >= 4 is 70.4 Å². The van der Waals surface area contributed by atoms with E-state index < -0.39 is 5.41 Å². The Balaban J connectivity index is 1.06. The zero-order valence-corrected chi connectivity index (χ0v) is 35.7. The van der Waals surface area contributed by atoms with Gasteiger partial charge in [-0.05, 0) is 93.5 Å². The molecule has 0 aliphatic heterocycles. The van der Waals surface area contributed by atoms with E-state index in [1.165, 1.54) is 86.5 Å². The van der Waals surface area contributed by atoms with E-state index in [0.29, 0.717) is 0 Å². The zero-order chi connectivity index (χ0) is 42.2. The van der Waals surface area contributed by atoms with Crippen molar-refractivity contribution in [1.29, 1.82) is 0 Å². The fourth-order valence-electron chi connectivity index (χ4n) is 10.8. The molecule has 0 saturated carbocycles. The summed E-state index contributed by atoms with van der Waals surface area (Å²) in [5.74, 6) is 0. The molecule has 3 heteroatoms. The van der Waals surface area contributed by atoms with Gasteiger partial charge in [0.15, 0.2) is 0 Å². The molecule has 0 spiro atoms. The summed E-state index contributed by atoms with van der Waals surface area (Å²) in [6.07, 6.45) is 0. The summed E-state index contributed by atoms with van der Waals surface area (Å²) in [6, 6.07) is 89.5. The highest BCUT2D eigenvalue weighted by Crippen LogP contribution is 2.59. The molecular formula is C61H40N2S. The summed E-state index contributed by atoms with van der Waals surface area (Å²) in [5, 5.41) is 5.13. The van der Waals surface area contributed by atoms with Crippen LogP contribution in [-0.4, -0.2) is 4.57 Å². The van der Waals surface area contributed by atoms with Crippen molar-refractivity contribution in [3.8, 4) is 27.9 Å². The molecule has 0 saturated heterocycles. The van der Waals surface area contributed by atoms with Gasteiger partial charge in [-0.2, -0.15) is 0 Å². The molecule has 0 unspecified atom stereocenters. The summed E-state index contributed by atoms with van der Waals surface area (Å²) in [7, 11) is 0. The summed E-state index contributed by atoms with van der Waals surface area (Å²) in [4.78, 5) is 2.49. The van der Waals surface area contributed by atoms with E-state index in [2.05, 4.69) is 252 Å². The molecule has 1 aliphatic carbocycles. The molecule has 13 rings (SSSR count). The van der Waals surface area contributed by atoms with Gasteiger partial charge in [-0.15, -0.1) is 11.3 Å². The van der Waals surface area contributed by atoms with Crippen molar-refractivity contribution in [3.05, 3.63) is 265 Å². The van der Waals surface area contributed by atoms with E-state index in [1.807, 2.05) is 11.3 Å². The number of aromatic nitrogens is 1. The molecule has 10 aromatic carbocycles. The summed E-state index contributed by atoms with van der Waals surface area (Å²) < 4.78 is 5.06. The number of thiophene rings is 1. The van der Waals surface area contributed by atoms with Crippen molar-refractivity contribution in [3.63, 3.8) is 0 Å². The third-order valence-corrected chi connectivity index (χ3v) is 14.7. The second-order valence-electron chi connectivity index (χ2n) is 16.8. The summed E-state index contributed by atoms with van der Waals surface area (Å²) in [5.41, 5.74) is 16.3. The number of hydrogen-bond donors (Lipinski definition) is 0. The van der Waals surface area contributed by atoms with Crippen LogP contribution in [0.1, 0.15) is 22.3 Å². The molecular weight excluding hydrogens is 793 g/mol. The lowest BCUT2D eigenvalue weighted by Gasteiger charge is -2.34. The average Bonchev–Trinajstić information content (AvgIpc) is 4.02. The van der Waals surface area contributed by atoms with Gasteiger partial charge in [0.25, 0.3) is 0 Å². The first-order valence-corrected chi connectivity index (χ1v) is 22.8. The molecule has 0 atom stereocenters. The van der Waals surface area contributed by atoms with Crippen molar-refractivity contribution in [2.45, 2.75) is 5.41 Å². The van der Waals surface area contributed by atoms with Crippen molar-refractivity contribution in [2.75, 3.05) is 4.90 Å². The Hall–Kier alpha value is -7.98. The Bertz CT molecular complexity index is 3640. The van der Waals surface area contributed by atoms with E-state index in [0.717, 1.165) is 22.7 Å². The summed E-state index contributed by atoms with van der Waals surface area (Å²) >= 11 is 1.88. The van der Waals surface area contributed by atoms with Crippen molar-refractivity contribution < 1.29 is 0 Å². The minimum absolute atomic E-state index is 0.520. The molecule has 0 radical (unpaired) electrons. The SMILES string of the molecule is c1ccc(C2(c3ccccc3)c3ccccc3-c3c(N(c4ccc(-c5cccc6c5sc5ccccc56)cc4)c4cccc(-n5c6ccccc6c6ccccc65)c4)cccc32)cc1. The molecule has 2 aromatic heterocycles. The van der Waals surface area contributed by atoms with Gasteiger partial charge < -0.3 is 9.47 Å². The minimum atomic E-state index is -0.520. The third-order valence-electron chi connectivity index (χ3n) is 13.5. The van der Waals surface area contributed by atoms with Crippen LogP contribution in [-0.2, 0) is 5.41 Å². The van der Waals surface area contributed by atoms with Gasteiger partial charge in [-0.3, -0.25) is 0 Å². The highest BCUT2D eigenvalue weighted by molar-refractivity contribution is 7.26. The fraction of sp³-hybridized carbons (Fsp3) is 0.0164. The number of anilines is 3. The van der Waals surface area contributed by atoms with Gasteiger partial charge in [0, 0.05) is 53.6 Å². The van der Waals surface area contributed by atoms with Gasteiger partial charge in [0.2, 0.25) is 0 Å². The van der Waals surface area contributed by atoms with Gasteiger partial charge >= 0.3 is 0 Å². The predicted octanol–water partition coefficient (Wildman–Crippen LogP) is 16.7. The smallest absolute Gasteiger partial charge is 0.0714 e. The van der Waals surface area contributed by atoms with Crippen LogP contribution in [0.3, 0.4) is 0 Å². The van der Waals surface area contributed by atoms with Gasteiger partial charge in [0.05, 0.1) is 22.1 Å². The molecule has 0 N–H and O–H groups in total. The molecule has 2 heterocycles. The first kappa shape index (κ1) is 36.7. The zero-order valence-electron chi connectivity index (χ0n) is 34.9. The third kappa shape index (κ3) is 5.38. The number of benzene rings is 10. The quantitative estimate of drug-likeness (QED) is 0.155. The second kappa shape index (κ2) is 14.6. The van der Waals surface area contributed by atoms with E-state index in [1.54, 1.807) is 0 Å². The van der Waals surface area contributed by atoms with E-state index in [9.17, 15) is 0 Å². The van der Waals surface area contributed by atoms with Crippen LogP contribution >= 0.6 is 11.3 Å². The van der Waals surface area contributed by atoms with Crippen molar-refractivity contribution in [2.24, 2.45) is 0 Å². The Morgan fingerprint density at radius 3 is 1.69 bits per heavy atom. The van der Waals surface area contributed by atoms with Crippen LogP contribution in [0, 0.1) is 0 Å². The first-order chi connectivity index (χ1) is 31.8. The maximum atomic E-state index is 2.49. The lowest BCUT2D eigenvalue weighted by molar-refractivity contribution is 0.768. The van der Waals surface area contributed by atoms with Crippen LogP contribution in [0.4, 0.5) is 17.1 Å². The van der Waals surface area contributed by atoms with Crippen LogP contribution in [0.15, 0.2) is 243 Å². The second-order valence-corrected chi connectivity index (χ2v) is 17.8. The Morgan fingerprint density at radius 2 is 0.953 bits per heavy atom. The molecule has 64 heavy (non-hydrogen) atoms. The molecule has 0 amide bonds. The first-order valence-electron chi connectivity index (χ1n) is 22.0. The lowest BCUT2D eigenvalue weighted by Crippen LogP contribution is -2.28. The molecule has 0 fully saturated rings. The number of hydrogen-bond acceptors (Lipinski definition) is 2. The van der Waals surface area contributed by atoms with Gasteiger partial charge in [0.1, 0.15) is 0 Å². The molecule has 1 aliphatic rings. The number of fused-ring (bicyclic) bond motifs is 9. The Labute approximate surface area is 376 Å². The summed E-state index contributed by atoms with van der Waals surface area (Å²) in [6.45, 7) is 0.